The zero-order valence-electron chi connectivity index (χ0n) is 9.78. The van der Waals surface area contributed by atoms with Crippen LogP contribution in [-0.4, -0.2) is 18.0 Å². The number of nitrogens with one attached hydrogen (secondary N) is 2. The van der Waals surface area contributed by atoms with E-state index in [4.69, 9.17) is 0 Å². The van der Waals surface area contributed by atoms with Gasteiger partial charge < -0.3 is 10.6 Å². The molecule has 5 heteroatoms. The highest BCUT2D eigenvalue weighted by Crippen LogP contribution is 2.32. The van der Waals surface area contributed by atoms with Gasteiger partial charge in [0.05, 0.1) is 4.92 Å². The van der Waals surface area contributed by atoms with Gasteiger partial charge in [-0.2, -0.15) is 0 Å². The maximum atomic E-state index is 11.0. The number of anilines is 2. The van der Waals surface area contributed by atoms with E-state index in [1.165, 1.54) is 0 Å². The van der Waals surface area contributed by atoms with Crippen molar-refractivity contribution in [2.45, 2.75) is 26.3 Å². The predicted octanol–water partition coefficient (Wildman–Crippen LogP) is 2.85. The molecule has 16 heavy (non-hydrogen) atoms. The molecule has 5 nitrogen and oxygen atoms in total. The second-order valence-corrected chi connectivity index (χ2v) is 3.66. The van der Waals surface area contributed by atoms with Crippen molar-refractivity contribution in [3.63, 3.8) is 0 Å². The molecular weight excluding hydrogens is 206 g/mol. The minimum atomic E-state index is -0.365. The molecule has 0 heterocycles. The quantitative estimate of drug-likeness (QED) is 0.595. The van der Waals surface area contributed by atoms with E-state index >= 15 is 0 Å². The van der Waals surface area contributed by atoms with Gasteiger partial charge in [-0.3, -0.25) is 10.1 Å². The van der Waals surface area contributed by atoms with E-state index in [1.807, 2.05) is 13.8 Å². The van der Waals surface area contributed by atoms with Crippen molar-refractivity contribution in [2.24, 2.45) is 0 Å². The minimum Gasteiger partial charge on any atom is -0.382 e. The summed E-state index contributed by atoms with van der Waals surface area (Å²) in [4.78, 5) is 10.6. The lowest BCUT2D eigenvalue weighted by Gasteiger charge is -2.14. The van der Waals surface area contributed by atoms with E-state index in [2.05, 4.69) is 10.6 Å². The van der Waals surface area contributed by atoms with Crippen molar-refractivity contribution in [3.05, 3.63) is 28.3 Å². The fourth-order valence-electron chi connectivity index (χ4n) is 1.43. The van der Waals surface area contributed by atoms with Crippen LogP contribution in [-0.2, 0) is 0 Å². The molecule has 1 atom stereocenters. The first-order chi connectivity index (χ1) is 7.60. The number of benzene rings is 1. The molecule has 1 rings (SSSR count). The molecule has 1 aromatic carbocycles. The zero-order chi connectivity index (χ0) is 12.1. The summed E-state index contributed by atoms with van der Waals surface area (Å²) in [5.74, 6) is 0. The van der Waals surface area contributed by atoms with Crippen molar-refractivity contribution in [1.29, 1.82) is 0 Å². The Morgan fingerprint density at radius 2 is 2.06 bits per heavy atom. The molecule has 0 aliphatic heterocycles. The standard InChI is InChI=1S/C11H17N3O2/c1-4-8(2)13-10-7-5-6-9(12-3)11(10)14(15)16/h5-8,12-13H,4H2,1-3H3. The van der Waals surface area contributed by atoms with Gasteiger partial charge in [0.15, 0.2) is 0 Å². The molecule has 1 aromatic rings. The third-order valence-electron chi connectivity index (χ3n) is 2.50. The SMILES string of the molecule is CCC(C)Nc1cccc(NC)c1[N+](=O)[O-]. The summed E-state index contributed by atoms with van der Waals surface area (Å²) in [6, 6.07) is 5.43. The molecule has 1 unspecified atom stereocenters. The number of nitro groups is 1. The van der Waals surface area contributed by atoms with Gasteiger partial charge >= 0.3 is 5.69 Å². The van der Waals surface area contributed by atoms with Gasteiger partial charge in [0, 0.05) is 13.1 Å². The van der Waals surface area contributed by atoms with Crippen LogP contribution in [0.5, 0.6) is 0 Å². The zero-order valence-corrected chi connectivity index (χ0v) is 9.78. The molecular formula is C11H17N3O2. The average molecular weight is 223 g/mol. The second kappa shape index (κ2) is 5.34. The lowest BCUT2D eigenvalue weighted by atomic mass is 10.2. The summed E-state index contributed by atoms with van der Waals surface area (Å²) in [6.45, 7) is 4.03. The van der Waals surface area contributed by atoms with E-state index in [0.29, 0.717) is 11.4 Å². The summed E-state index contributed by atoms with van der Waals surface area (Å²) in [5, 5.41) is 17.0. The van der Waals surface area contributed by atoms with Crippen molar-refractivity contribution >= 4 is 17.1 Å². The fourth-order valence-corrected chi connectivity index (χ4v) is 1.43. The fraction of sp³-hybridized carbons (Fsp3) is 0.455. The number of nitro benzene ring substituents is 1. The van der Waals surface area contributed by atoms with Crippen molar-refractivity contribution < 1.29 is 4.92 Å². The number of rotatable bonds is 5. The van der Waals surface area contributed by atoms with Crippen LogP contribution in [0.15, 0.2) is 18.2 Å². The van der Waals surface area contributed by atoms with Crippen LogP contribution in [0, 0.1) is 10.1 Å². The van der Waals surface area contributed by atoms with Crippen LogP contribution < -0.4 is 10.6 Å². The maximum Gasteiger partial charge on any atom is 0.315 e. The normalized spacial score (nSPS) is 11.9. The largest absolute Gasteiger partial charge is 0.382 e. The molecule has 88 valence electrons. The number of para-hydroxylation sites is 1. The number of hydrogen-bond acceptors (Lipinski definition) is 4. The summed E-state index contributed by atoms with van der Waals surface area (Å²) in [6.07, 6.45) is 0.918. The van der Waals surface area contributed by atoms with E-state index in [9.17, 15) is 10.1 Å². The van der Waals surface area contributed by atoms with Crippen molar-refractivity contribution in [3.8, 4) is 0 Å². The van der Waals surface area contributed by atoms with Crippen LogP contribution >= 0.6 is 0 Å². The van der Waals surface area contributed by atoms with Crippen LogP contribution in [0.1, 0.15) is 20.3 Å². The smallest absolute Gasteiger partial charge is 0.315 e. The third kappa shape index (κ3) is 2.62. The van der Waals surface area contributed by atoms with Crippen LogP contribution in [0.2, 0.25) is 0 Å². The number of hydrogen-bond donors (Lipinski definition) is 2. The van der Waals surface area contributed by atoms with Crippen LogP contribution in [0.3, 0.4) is 0 Å². The van der Waals surface area contributed by atoms with Gasteiger partial charge in [-0.25, -0.2) is 0 Å². The molecule has 0 aliphatic rings. The highest BCUT2D eigenvalue weighted by atomic mass is 16.6. The molecule has 0 saturated heterocycles. The summed E-state index contributed by atoms with van der Waals surface area (Å²) < 4.78 is 0. The Hall–Kier alpha value is -1.78. The first kappa shape index (κ1) is 12.3. The second-order valence-electron chi connectivity index (χ2n) is 3.66. The van der Waals surface area contributed by atoms with Gasteiger partial charge in [-0.1, -0.05) is 13.0 Å². The Morgan fingerprint density at radius 1 is 1.44 bits per heavy atom. The van der Waals surface area contributed by atoms with E-state index in [0.717, 1.165) is 6.42 Å². The summed E-state index contributed by atoms with van der Waals surface area (Å²) in [7, 11) is 1.68. The monoisotopic (exact) mass is 223 g/mol. The van der Waals surface area contributed by atoms with Gasteiger partial charge in [0.1, 0.15) is 11.4 Å². The third-order valence-corrected chi connectivity index (χ3v) is 2.50. The minimum absolute atomic E-state index is 0.102. The molecule has 0 aromatic heterocycles. The molecule has 2 N–H and O–H groups in total. The Balaban J connectivity index is 3.12. The molecule has 0 aliphatic carbocycles. The lowest BCUT2D eigenvalue weighted by molar-refractivity contribution is -0.383. The Kier molecular flexibility index (Phi) is 4.10. The molecule has 0 saturated carbocycles. The Labute approximate surface area is 95.0 Å². The summed E-state index contributed by atoms with van der Waals surface area (Å²) in [5.41, 5.74) is 1.19. The maximum absolute atomic E-state index is 11.0. The van der Waals surface area contributed by atoms with Gasteiger partial charge in [0.2, 0.25) is 0 Å². The Bertz CT molecular complexity index is 379. The van der Waals surface area contributed by atoms with E-state index in [1.54, 1.807) is 25.2 Å². The highest BCUT2D eigenvalue weighted by molar-refractivity contribution is 5.76. The van der Waals surface area contributed by atoms with Crippen molar-refractivity contribution in [2.75, 3.05) is 17.7 Å². The topological polar surface area (TPSA) is 67.2 Å². The van der Waals surface area contributed by atoms with E-state index in [-0.39, 0.29) is 16.7 Å². The first-order valence-electron chi connectivity index (χ1n) is 5.31. The molecule has 0 bridgehead atoms. The first-order valence-corrected chi connectivity index (χ1v) is 5.31. The number of nitrogens with zero attached hydrogens (tertiary/aromatic N) is 1. The molecule has 0 radical (unpaired) electrons. The van der Waals surface area contributed by atoms with E-state index < -0.39 is 0 Å². The van der Waals surface area contributed by atoms with Crippen molar-refractivity contribution in [1.82, 2.24) is 0 Å². The van der Waals surface area contributed by atoms with Gasteiger partial charge in [-0.05, 0) is 25.5 Å². The van der Waals surface area contributed by atoms with Gasteiger partial charge in [0.25, 0.3) is 0 Å². The van der Waals surface area contributed by atoms with Crippen LogP contribution in [0.4, 0.5) is 17.1 Å². The Morgan fingerprint density at radius 3 is 2.56 bits per heavy atom. The molecule has 0 spiro atoms. The highest BCUT2D eigenvalue weighted by Gasteiger charge is 2.19. The predicted molar refractivity (Wildman–Crippen MR) is 66.0 cm³/mol. The summed E-state index contributed by atoms with van der Waals surface area (Å²) >= 11 is 0. The molecule has 0 fully saturated rings. The van der Waals surface area contributed by atoms with Crippen LogP contribution in [0.25, 0.3) is 0 Å². The van der Waals surface area contributed by atoms with Gasteiger partial charge in [-0.15, -0.1) is 0 Å². The molecule has 0 amide bonds. The average Bonchev–Trinajstić information content (AvgIpc) is 2.28. The lowest BCUT2D eigenvalue weighted by Crippen LogP contribution is -2.15.